The summed E-state index contributed by atoms with van der Waals surface area (Å²) in [5.41, 5.74) is 4.15. The SMILES string of the molecule is C#Cc1ccc2c(c1)C(C)(C)CCC2N(C)CC.CC. The molecule has 0 aliphatic heterocycles. The lowest BCUT2D eigenvalue weighted by atomic mass is 9.70. The number of benzene rings is 1. The molecule has 0 radical (unpaired) electrons. The molecule has 110 valence electrons. The molecule has 1 unspecified atom stereocenters. The fourth-order valence-electron chi connectivity index (χ4n) is 2.99. The van der Waals surface area contributed by atoms with Gasteiger partial charge in [0.2, 0.25) is 0 Å². The van der Waals surface area contributed by atoms with E-state index in [1.54, 1.807) is 0 Å². The maximum atomic E-state index is 5.53. The van der Waals surface area contributed by atoms with Crippen molar-refractivity contribution in [3.63, 3.8) is 0 Å². The normalized spacial score (nSPS) is 19.6. The molecule has 0 amide bonds. The van der Waals surface area contributed by atoms with Crippen LogP contribution < -0.4 is 0 Å². The summed E-state index contributed by atoms with van der Waals surface area (Å²) in [6, 6.07) is 7.08. The molecular formula is C19H29N. The van der Waals surface area contributed by atoms with Gasteiger partial charge in [-0.1, -0.05) is 46.6 Å². The Morgan fingerprint density at radius 3 is 2.55 bits per heavy atom. The monoisotopic (exact) mass is 271 g/mol. The quantitative estimate of drug-likeness (QED) is 0.701. The Morgan fingerprint density at radius 2 is 2.00 bits per heavy atom. The van der Waals surface area contributed by atoms with Crippen LogP contribution in [0, 0.1) is 12.3 Å². The highest BCUT2D eigenvalue weighted by atomic mass is 15.1. The Kier molecular flexibility index (Phi) is 5.84. The molecule has 1 aromatic carbocycles. The van der Waals surface area contributed by atoms with Crippen molar-refractivity contribution in [2.45, 2.75) is 58.9 Å². The molecule has 0 N–H and O–H groups in total. The van der Waals surface area contributed by atoms with Crippen LogP contribution in [0.4, 0.5) is 0 Å². The maximum Gasteiger partial charge on any atom is 0.0348 e. The molecule has 20 heavy (non-hydrogen) atoms. The second-order valence-corrected chi connectivity index (χ2v) is 5.96. The lowest BCUT2D eigenvalue weighted by Crippen LogP contribution is -2.33. The minimum atomic E-state index is 0.243. The van der Waals surface area contributed by atoms with Crippen LogP contribution in [-0.2, 0) is 5.41 Å². The van der Waals surface area contributed by atoms with Gasteiger partial charge in [0.05, 0.1) is 0 Å². The fraction of sp³-hybridized carbons (Fsp3) is 0.579. The van der Waals surface area contributed by atoms with E-state index in [0.717, 1.165) is 12.1 Å². The van der Waals surface area contributed by atoms with Crippen LogP contribution in [0.25, 0.3) is 0 Å². The molecule has 0 heterocycles. The first-order valence-electron chi connectivity index (χ1n) is 7.81. The molecule has 0 spiro atoms. The Balaban J connectivity index is 0.000000956. The highest BCUT2D eigenvalue weighted by Gasteiger charge is 2.33. The van der Waals surface area contributed by atoms with Crippen molar-refractivity contribution < 1.29 is 0 Å². The summed E-state index contributed by atoms with van der Waals surface area (Å²) < 4.78 is 0. The van der Waals surface area contributed by atoms with E-state index in [-0.39, 0.29) is 5.41 Å². The first-order chi connectivity index (χ1) is 9.49. The van der Waals surface area contributed by atoms with Crippen molar-refractivity contribution in [1.82, 2.24) is 4.90 Å². The van der Waals surface area contributed by atoms with Crippen LogP contribution in [0.2, 0.25) is 0 Å². The van der Waals surface area contributed by atoms with Gasteiger partial charge in [0.15, 0.2) is 0 Å². The zero-order chi connectivity index (χ0) is 15.3. The number of hydrogen-bond acceptors (Lipinski definition) is 1. The summed E-state index contributed by atoms with van der Waals surface area (Å²) in [7, 11) is 2.21. The maximum absolute atomic E-state index is 5.53. The molecule has 0 fully saturated rings. The van der Waals surface area contributed by atoms with E-state index < -0.39 is 0 Å². The van der Waals surface area contributed by atoms with Gasteiger partial charge in [-0.25, -0.2) is 0 Å². The van der Waals surface area contributed by atoms with Crippen molar-refractivity contribution in [3.8, 4) is 12.3 Å². The molecule has 1 aromatic rings. The predicted octanol–water partition coefficient (Wildman–Crippen LogP) is 4.76. The topological polar surface area (TPSA) is 3.24 Å². The van der Waals surface area contributed by atoms with Gasteiger partial charge in [-0.05, 0) is 55.1 Å². The summed E-state index contributed by atoms with van der Waals surface area (Å²) in [6.07, 6.45) is 7.99. The van der Waals surface area contributed by atoms with E-state index in [0.29, 0.717) is 6.04 Å². The lowest BCUT2D eigenvalue weighted by molar-refractivity contribution is 0.209. The number of nitrogens with zero attached hydrogens (tertiary/aromatic N) is 1. The Hall–Kier alpha value is -1.26. The summed E-state index contributed by atoms with van der Waals surface area (Å²) in [6.45, 7) is 12.0. The largest absolute Gasteiger partial charge is 0.300 e. The number of terminal acetylenes is 1. The molecule has 1 atom stereocenters. The van der Waals surface area contributed by atoms with Crippen LogP contribution >= 0.6 is 0 Å². The number of hydrogen-bond donors (Lipinski definition) is 0. The van der Waals surface area contributed by atoms with Crippen molar-refractivity contribution in [1.29, 1.82) is 0 Å². The first kappa shape index (κ1) is 16.8. The van der Waals surface area contributed by atoms with Gasteiger partial charge in [0.1, 0.15) is 0 Å². The van der Waals surface area contributed by atoms with Gasteiger partial charge in [-0.3, -0.25) is 4.90 Å². The van der Waals surface area contributed by atoms with E-state index in [2.05, 4.69) is 56.8 Å². The molecule has 1 aliphatic carbocycles. The summed E-state index contributed by atoms with van der Waals surface area (Å²) in [5, 5.41) is 0. The second-order valence-electron chi connectivity index (χ2n) is 5.96. The van der Waals surface area contributed by atoms with E-state index in [9.17, 15) is 0 Å². The van der Waals surface area contributed by atoms with Gasteiger partial charge in [0, 0.05) is 11.6 Å². The predicted molar refractivity (Wildman–Crippen MR) is 89.0 cm³/mol. The standard InChI is InChI=1S/C17H23N.C2H6/c1-6-13-8-9-14-15(12-13)17(3,4)11-10-16(14)18(5)7-2;1-2/h1,8-9,12,16H,7,10-11H2,2-5H3;1-2H3. The van der Waals surface area contributed by atoms with Crippen molar-refractivity contribution in [3.05, 3.63) is 34.9 Å². The Labute approximate surface area is 125 Å². The van der Waals surface area contributed by atoms with E-state index in [4.69, 9.17) is 6.42 Å². The van der Waals surface area contributed by atoms with Gasteiger partial charge in [-0.15, -0.1) is 6.42 Å². The van der Waals surface area contributed by atoms with E-state index in [1.165, 1.54) is 24.0 Å². The van der Waals surface area contributed by atoms with Gasteiger partial charge >= 0.3 is 0 Å². The average Bonchev–Trinajstić information content (AvgIpc) is 2.48. The van der Waals surface area contributed by atoms with Crippen LogP contribution in [0.5, 0.6) is 0 Å². The highest BCUT2D eigenvalue weighted by molar-refractivity contribution is 5.45. The Bertz CT molecular complexity index is 479. The molecule has 1 nitrogen and oxygen atoms in total. The lowest BCUT2D eigenvalue weighted by Gasteiger charge is -2.40. The number of fused-ring (bicyclic) bond motifs is 1. The third-order valence-corrected chi connectivity index (χ3v) is 4.38. The molecule has 1 aliphatic rings. The summed E-state index contributed by atoms with van der Waals surface area (Å²) in [5.74, 6) is 2.76. The molecule has 1 heteroatoms. The van der Waals surface area contributed by atoms with Crippen LogP contribution in [0.1, 0.15) is 70.2 Å². The molecule has 0 bridgehead atoms. The van der Waals surface area contributed by atoms with Gasteiger partial charge in [0.25, 0.3) is 0 Å². The molecule has 2 rings (SSSR count). The average molecular weight is 271 g/mol. The Morgan fingerprint density at radius 1 is 1.35 bits per heavy atom. The summed E-state index contributed by atoms with van der Waals surface area (Å²) in [4.78, 5) is 2.43. The van der Waals surface area contributed by atoms with Crippen LogP contribution in [0.15, 0.2) is 18.2 Å². The van der Waals surface area contributed by atoms with Crippen molar-refractivity contribution in [2.75, 3.05) is 13.6 Å². The molecular weight excluding hydrogens is 242 g/mol. The summed E-state index contributed by atoms with van der Waals surface area (Å²) >= 11 is 0. The molecule has 0 aromatic heterocycles. The van der Waals surface area contributed by atoms with Crippen molar-refractivity contribution in [2.24, 2.45) is 0 Å². The fourth-order valence-corrected chi connectivity index (χ4v) is 2.99. The van der Waals surface area contributed by atoms with Gasteiger partial charge < -0.3 is 0 Å². The highest BCUT2D eigenvalue weighted by Crippen LogP contribution is 2.43. The van der Waals surface area contributed by atoms with Crippen LogP contribution in [0.3, 0.4) is 0 Å². The zero-order valence-corrected chi connectivity index (χ0v) is 14.0. The molecule has 0 saturated carbocycles. The van der Waals surface area contributed by atoms with E-state index in [1.807, 2.05) is 13.8 Å². The third-order valence-electron chi connectivity index (χ3n) is 4.38. The van der Waals surface area contributed by atoms with Gasteiger partial charge in [-0.2, -0.15) is 0 Å². The zero-order valence-electron chi connectivity index (χ0n) is 14.0. The minimum Gasteiger partial charge on any atom is -0.300 e. The minimum absolute atomic E-state index is 0.243. The van der Waals surface area contributed by atoms with Crippen molar-refractivity contribution >= 4 is 0 Å². The molecule has 0 saturated heterocycles. The number of rotatable bonds is 2. The smallest absolute Gasteiger partial charge is 0.0348 e. The van der Waals surface area contributed by atoms with E-state index >= 15 is 0 Å². The van der Waals surface area contributed by atoms with Crippen LogP contribution in [-0.4, -0.2) is 18.5 Å². The second kappa shape index (κ2) is 6.95. The first-order valence-corrected chi connectivity index (χ1v) is 7.81. The third kappa shape index (κ3) is 3.25.